The molecule has 34 heavy (non-hydrogen) atoms. The fourth-order valence-corrected chi connectivity index (χ4v) is 3.73. The van der Waals surface area contributed by atoms with Crippen LogP contribution in [0.5, 0.6) is 0 Å². The number of aromatic amines is 1. The van der Waals surface area contributed by atoms with Crippen molar-refractivity contribution in [1.29, 1.82) is 0 Å². The number of aromatic nitrogens is 6. The molecule has 11 heteroatoms. The Hall–Kier alpha value is -4.51. The van der Waals surface area contributed by atoms with Gasteiger partial charge in [0.2, 0.25) is 5.95 Å². The third-order valence-corrected chi connectivity index (χ3v) is 5.42. The van der Waals surface area contributed by atoms with E-state index in [2.05, 4.69) is 35.8 Å². The van der Waals surface area contributed by atoms with Crippen LogP contribution in [-0.2, 0) is 6.54 Å². The number of fused-ring (bicyclic) bond motifs is 1. The van der Waals surface area contributed by atoms with Crippen LogP contribution in [0.15, 0.2) is 70.4 Å². The molecule has 0 amide bonds. The predicted octanol–water partition coefficient (Wildman–Crippen LogP) is 3.08. The summed E-state index contributed by atoms with van der Waals surface area (Å²) in [6.07, 6.45) is 2.87. The number of aryl methyl sites for hydroxylation is 1. The Kier molecular flexibility index (Phi) is 5.75. The van der Waals surface area contributed by atoms with Crippen molar-refractivity contribution in [1.82, 2.24) is 29.9 Å². The first-order valence-electron chi connectivity index (χ1n) is 10.7. The van der Waals surface area contributed by atoms with E-state index in [1.54, 1.807) is 23.0 Å². The molecule has 11 nitrogen and oxygen atoms in total. The summed E-state index contributed by atoms with van der Waals surface area (Å²) in [5.41, 5.74) is 2.75. The summed E-state index contributed by atoms with van der Waals surface area (Å²) in [5, 5.41) is 23.5. The Morgan fingerprint density at radius 2 is 2.03 bits per heavy atom. The van der Waals surface area contributed by atoms with Gasteiger partial charge in [-0.1, -0.05) is 35.5 Å². The number of hydrogen-bond acceptors (Lipinski definition) is 9. The van der Waals surface area contributed by atoms with Gasteiger partial charge in [0.05, 0.1) is 23.6 Å². The lowest BCUT2D eigenvalue weighted by Gasteiger charge is -2.19. The van der Waals surface area contributed by atoms with Gasteiger partial charge in [-0.25, -0.2) is 4.98 Å². The van der Waals surface area contributed by atoms with Gasteiger partial charge in [0.1, 0.15) is 11.4 Å². The van der Waals surface area contributed by atoms with Crippen LogP contribution in [0.25, 0.3) is 22.4 Å². The van der Waals surface area contributed by atoms with E-state index in [-0.39, 0.29) is 18.1 Å². The zero-order valence-electron chi connectivity index (χ0n) is 18.3. The lowest BCUT2D eigenvalue weighted by Crippen LogP contribution is -2.17. The number of benzene rings is 2. The second-order valence-electron chi connectivity index (χ2n) is 7.53. The second-order valence-corrected chi connectivity index (χ2v) is 7.53. The summed E-state index contributed by atoms with van der Waals surface area (Å²) in [5.74, 6) is 0.980. The molecule has 0 aliphatic rings. The topological polar surface area (TPSA) is 147 Å². The highest BCUT2D eigenvalue weighted by atomic mass is 16.5. The first-order chi connectivity index (χ1) is 16.7. The molecule has 3 heterocycles. The van der Waals surface area contributed by atoms with Crippen LogP contribution in [-0.4, -0.2) is 41.6 Å². The monoisotopic (exact) mass is 458 g/mol. The van der Waals surface area contributed by atoms with Gasteiger partial charge in [0, 0.05) is 18.4 Å². The molecule has 0 aliphatic carbocycles. The van der Waals surface area contributed by atoms with Crippen molar-refractivity contribution in [3.05, 3.63) is 77.0 Å². The van der Waals surface area contributed by atoms with Gasteiger partial charge in [0.25, 0.3) is 11.4 Å². The summed E-state index contributed by atoms with van der Waals surface area (Å²) < 4.78 is 6.99. The van der Waals surface area contributed by atoms with Gasteiger partial charge in [-0.05, 0) is 30.7 Å². The lowest BCUT2D eigenvalue weighted by atomic mass is 10.1. The van der Waals surface area contributed by atoms with Gasteiger partial charge in [0.15, 0.2) is 6.33 Å². The van der Waals surface area contributed by atoms with E-state index in [1.807, 2.05) is 43.3 Å². The number of nitrogens with zero attached hydrogens (tertiary/aromatic N) is 5. The first-order valence-corrected chi connectivity index (χ1v) is 10.7. The van der Waals surface area contributed by atoms with Crippen LogP contribution in [0.3, 0.4) is 0 Å². The molecule has 172 valence electrons. The maximum Gasteiger partial charge on any atom is 0.271 e. The van der Waals surface area contributed by atoms with E-state index in [0.717, 1.165) is 11.1 Å². The van der Waals surface area contributed by atoms with Gasteiger partial charge >= 0.3 is 0 Å². The molecule has 4 N–H and O–H groups in total. The van der Waals surface area contributed by atoms with E-state index in [1.165, 1.54) is 6.33 Å². The predicted molar refractivity (Wildman–Crippen MR) is 127 cm³/mol. The molecule has 5 aromatic rings. The number of aliphatic hydroxyl groups is 1. The summed E-state index contributed by atoms with van der Waals surface area (Å²) in [6.45, 7) is 2.43. The van der Waals surface area contributed by atoms with Crippen LogP contribution in [0, 0.1) is 0 Å². The van der Waals surface area contributed by atoms with Crippen molar-refractivity contribution in [2.75, 3.05) is 17.2 Å². The van der Waals surface area contributed by atoms with Crippen LogP contribution in [0.1, 0.15) is 18.5 Å². The SMILES string of the molecule is CCn1[nH]c(=O)c2ccc(Nc3ncc(-c4ncno4)c(N[C@H](CO)c4ccccc4)n3)cc21. The Morgan fingerprint density at radius 1 is 1.18 bits per heavy atom. The maximum atomic E-state index is 12.1. The van der Waals surface area contributed by atoms with E-state index in [9.17, 15) is 9.90 Å². The number of rotatable bonds is 8. The molecule has 0 saturated heterocycles. The largest absolute Gasteiger partial charge is 0.394 e. The lowest BCUT2D eigenvalue weighted by molar-refractivity contribution is 0.276. The van der Waals surface area contributed by atoms with Crippen LogP contribution in [0.4, 0.5) is 17.5 Å². The minimum atomic E-state index is -0.416. The standard InChI is InChI=1S/C23H22N8O3/c1-2-31-19-10-15(8-9-16(19)21(33)30-31)27-23-24-11-17(22-25-13-26-34-22)20(29-23)28-18(12-32)14-6-4-3-5-7-14/h3-11,13,18,32H,2,12H2,1H3,(H,30,33)(H2,24,27,28,29)/t18-/m1/s1. The van der Waals surface area contributed by atoms with E-state index in [0.29, 0.717) is 34.9 Å². The first kappa shape index (κ1) is 21.3. The zero-order valence-corrected chi connectivity index (χ0v) is 18.3. The van der Waals surface area contributed by atoms with Crippen LogP contribution < -0.4 is 16.2 Å². The Morgan fingerprint density at radius 3 is 2.76 bits per heavy atom. The van der Waals surface area contributed by atoms with Gasteiger partial charge < -0.3 is 20.3 Å². The highest BCUT2D eigenvalue weighted by molar-refractivity contribution is 5.83. The molecule has 0 saturated carbocycles. The Bertz CT molecular complexity index is 1460. The van der Waals surface area contributed by atoms with Crippen molar-refractivity contribution in [2.45, 2.75) is 19.5 Å². The third kappa shape index (κ3) is 4.11. The summed E-state index contributed by atoms with van der Waals surface area (Å²) in [7, 11) is 0. The van der Waals surface area contributed by atoms with Crippen molar-refractivity contribution in [3.63, 3.8) is 0 Å². The number of H-pyrrole nitrogens is 1. The summed E-state index contributed by atoms with van der Waals surface area (Å²) in [4.78, 5) is 25.2. The minimum Gasteiger partial charge on any atom is -0.394 e. The molecule has 0 unspecified atom stereocenters. The molecule has 3 aromatic heterocycles. The highest BCUT2D eigenvalue weighted by Crippen LogP contribution is 2.29. The maximum absolute atomic E-state index is 12.1. The molecule has 0 bridgehead atoms. The van der Waals surface area contributed by atoms with Crippen molar-refractivity contribution < 1.29 is 9.63 Å². The fraction of sp³-hybridized carbons (Fsp3) is 0.174. The molecule has 0 spiro atoms. The Balaban J connectivity index is 1.50. The van der Waals surface area contributed by atoms with Crippen LogP contribution >= 0.6 is 0 Å². The average molecular weight is 458 g/mol. The van der Waals surface area contributed by atoms with Gasteiger partial charge in [-0.3, -0.25) is 14.6 Å². The highest BCUT2D eigenvalue weighted by Gasteiger charge is 2.19. The van der Waals surface area contributed by atoms with Crippen molar-refractivity contribution >= 4 is 28.4 Å². The second kappa shape index (κ2) is 9.16. The van der Waals surface area contributed by atoms with Crippen molar-refractivity contribution in [2.24, 2.45) is 0 Å². The fourth-order valence-electron chi connectivity index (χ4n) is 3.73. The quantitative estimate of drug-likeness (QED) is 0.275. The van der Waals surface area contributed by atoms with Gasteiger partial charge in [-0.2, -0.15) is 9.97 Å². The molecule has 0 radical (unpaired) electrons. The van der Waals surface area contributed by atoms with Gasteiger partial charge in [-0.15, -0.1) is 0 Å². The molecule has 2 aromatic carbocycles. The molecular weight excluding hydrogens is 436 g/mol. The van der Waals surface area contributed by atoms with E-state index >= 15 is 0 Å². The van der Waals surface area contributed by atoms with Crippen molar-refractivity contribution in [3.8, 4) is 11.5 Å². The molecule has 1 atom stereocenters. The zero-order chi connectivity index (χ0) is 23.5. The molecule has 5 rings (SSSR count). The van der Waals surface area contributed by atoms with Crippen LogP contribution in [0.2, 0.25) is 0 Å². The molecule has 0 aliphatic heterocycles. The normalized spacial score (nSPS) is 12.1. The average Bonchev–Trinajstić information content (AvgIpc) is 3.51. The number of hydrogen-bond donors (Lipinski definition) is 4. The third-order valence-electron chi connectivity index (χ3n) is 5.42. The molecule has 0 fully saturated rings. The summed E-state index contributed by atoms with van der Waals surface area (Å²) >= 11 is 0. The number of nitrogens with one attached hydrogen (secondary N) is 3. The minimum absolute atomic E-state index is 0.133. The Labute approximate surface area is 193 Å². The van der Waals surface area contributed by atoms with E-state index in [4.69, 9.17) is 4.52 Å². The number of anilines is 3. The molecular formula is C23H22N8O3. The summed E-state index contributed by atoms with van der Waals surface area (Å²) in [6, 6.07) is 14.5. The van der Waals surface area contributed by atoms with E-state index < -0.39 is 6.04 Å². The smallest absolute Gasteiger partial charge is 0.271 e. The number of aliphatic hydroxyl groups excluding tert-OH is 1.